The molecule has 0 spiro atoms. The van der Waals surface area contributed by atoms with E-state index in [0.717, 1.165) is 22.8 Å². The van der Waals surface area contributed by atoms with E-state index in [2.05, 4.69) is 0 Å². The highest BCUT2D eigenvalue weighted by Gasteiger charge is 2.26. The monoisotopic (exact) mass is 232 g/mol. The minimum absolute atomic E-state index is 0.209. The van der Waals surface area contributed by atoms with Crippen LogP contribution in [0.2, 0.25) is 5.02 Å². The molecule has 13 heavy (non-hydrogen) atoms. The van der Waals surface area contributed by atoms with Crippen molar-refractivity contribution in [3.05, 3.63) is 21.3 Å². The van der Waals surface area contributed by atoms with Crippen LogP contribution in [0.4, 0.5) is 0 Å². The van der Waals surface area contributed by atoms with Gasteiger partial charge in [0.1, 0.15) is 0 Å². The van der Waals surface area contributed by atoms with Crippen molar-refractivity contribution in [1.29, 1.82) is 0 Å². The minimum Gasteiger partial charge on any atom is -0.293 e. The van der Waals surface area contributed by atoms with Gasteiger partial charge in [-0.2, -0.15) is 11.8 Å². The minimum atomic E-state index is 0.209. The van der Waals surface area contributed by atoms with Gasteiger partial charge < -0.3 is 0 Å². The predicted octanol–water partition coefficient (Wildman–Crippen LogP) is 3.34. The Labute approximate surface area is 90.5 Å². The predicted molar refractivity (Wildman–Crippen MR) is 59.1 cm³/mol. The number of hydrogen-bond acceptors (Lipinski definition) is 3. The van der Waals surface area contributed by atoms with Crippen LogP contribution in [-0.4, -0.2) is 17.3 Å². The van der Waals surface area contributed by atoms with Crippen LogP contribution in [0.3, 0.4) is 0 Å². The molecule has 0 bridgehead atoms. The number of carbonyl (C=O) groups is 1. The van der Waals surface area contributed by atoms with Gasteiger partial charge in [-0.25, -0.2) is 0 Å². The molecule has 1 aromatic heterocycles. The van der Waals surface area contributed by atoms with Crippen LogP contribution in [0, 0.1) is 5.92 Å². The van der Waals surface area contributed by atoms with Gasteiger partial charge in [0.15, 0.2) is 5.78 Å². The van der Waals surface area contributed by atoms with Gasteiger partial charge in [0.05, 0.1) is 9.90 Å². The highest BCUT2D eigenvalue weighted by atomic mass is 35.5. The van der Waals surface area contributed by atoms with Gasteiger partial charge in [-0.3, -0.25) is 4.79 Å². The molecule has 4 heteroatoms. The fourth-order valence-electron chi connectivity index (χ4n) is 1.40. The Bertz CT molecular complexity index is 315. The number of thioether (sulfide) groups is 1. The third kappa shape index (κ3) is 1.92. The van der Waals surface area contributed by atoms with Gasteiger partial charge in [0.25, 0.3) is 0 Å². The first kappa shape index (κ1) is 9.56. The van der Waals surface area contributed by atoms with Crippen molar-refractivity contribution in [2.24, 2.45) is 5.92 Å². The summed E-state index contributed by atoms with van der Waals surface area (Å²) in [6.07, 6.45) is 1.01. The maximum atomic E-state index is 11.8. The van der Waals surface area contributed by atoms with Crippen molar-refractivity contribution < 1.29 is 4.79 Å². The summed E-state index contributed by atoms with van der Waals surface area (Å²) in [7, 11) is 0. The fourth-order valence-corrected chi connectivity index (χ4v) is 3.78. The third-order valence-electron chi connectivity index (χ3n) is 2.14. The number of carbonyl (C=O) groups excluding carboxylic acids is 1. The summed E-state index contributed by atoms with van der Waals surface area (Å²) in [6, 6.07) is 1.79. The molecule has 1 saturated heterocycles. The highest BCUT2D eigenvalue weighted by molar-refractivity contribution is 7.99. The molecule has 1 aromatic rings. The van der Waals surface area contributed by atoms with Crippen molar-refractivity contribution in [2.45, 2.75) is 6.42 Å². The molecule has 1 nitrogen and oxygen atoms in total. The maximum Gasteiger partial charge on any atom is 0.178 e. The molecule has 1 fully saturated rings. The Hall–Kier alpha value is 0.01000. The Balaban J connectivity index is 2.17. The first-order chi connectivity index (χ1) is 6.29. The van der Waals surface area contributed by atoms with E-state index in [1.165, 1.54) is 11.3 Å². The number of thiophene rings is 1. The molecule has 70 valence electrons. The smallest absolute Gasteiger partial charge is 0.178 e. The number of hydrogen-bond donors (Lipinski definition) is 0. The van der Waals surface area contributed by atoms with Gasteiger partial charge in [-0.1, -0.05) is 11.6 Å². The van der Waals surface area contributed by atoms with Gasteiger partial charge in [-0.15, -0.1) is 11.3 Å². The molecular formula is C9H9ClOS2. The van der Waals surface area contributed by atoms with E-state index in [4.69, 9.17) is 11.6 Å². The Morgan fingerprint density at radius 3 is 3.00 bits per heavy atom. The van der Waals surface area contributed by atoms with Crippen molar-refractivity contribution in [3.63, 3.8) is 0 Å². The Morgan fingerprint density at radius 2 is 2.46 bits per heavy atom. The van der Waals surface area contributed by atoms with Crippen LogP contribution >= 0.6 is 34.7 Å². The second-order valence-corrected chi connectivity index (χ2v) is 5.50. The number of Topliss-reactive ketones (excluding diaryl/α,β-unsaturated/α-hetero) is 1. The van der Waals surface area contributed by atoms with Crippen molar-refractivity contribution >= 4 is 40.5 Å². The van der Waals surface area contributed by atoms with Gasteiger partial charge in [0.2, 0.25) is 0 Å². The fraction of sp³-hybridized carbons (Fsp3) is 0.444. The van der Waals surface area contributed by atoms with Crippen LogP contribution in [0.5, 0.6) is 0 Å². The summed E-state index contributed by atoms with van der Waals surface area (Å²) in [6.45, 7) is 0. The number of ketones is 1. The zero-order chi connectivity index (χ0) is 9.26. The molecule has 2 rings (SSSR count). The van der Waals surface area contributed by atoms with Crippen molar-refractivity contribution in [1.82, 2.24) is 0 Å². The van der Waals surface area contributed by atoms with Gasteiger partial charge in [0, 0.05) is 11.7 Å². The maximum absolute atomic E-state index is 11.8. The molecule has 0 N–H and O–H groups in total. The van der Waals surface area contributed by atoms with Gasteiger partial charge in [-0.05, 0) is 23.6 Å². The number of rotatable bonds is 2. The molecule has 1 unspecified atom stereocenters. The van der Waals surface area contributed by atoms with Gasteiger partial charge >= 0.3 is 0 Å². The largest absolute Gasteiger partial charge is 0.293 e. The first-order valence-electron chi connectivity index (χ1n) is 4.14. The quantitative estimate of drug-likeness (QED) is 0.728. The van der Waals surface area contributed by atoms with Crippen LogP contribution in [0.15, 0.2) is 11.4 Å². The van der Waals surface area contributed by atoms with Crippen LogP contribution in [-0.2, 0) is 0 Å². The Morgan fingerprint density at radius 1 is 1.62 bits per heavy atom. The lowest BCUT2D eigenvalue weighted by Gasteiger charge is -2.04. The van der Waals surface area contributed by atoms with E-state index in [1.54, 1.807) is 6.07 Å². The molecule has 0 radical (unpaired) electrons. The average molecular weight is 233 g/mol. The van der Waals surface area contributed by atoms with E-state index >= 15 is 0 Å². The summed E-state index contributed by atoms with van der Waals surface area (Å²) in [5, 5.41) is 2.49. The zero-order valence-corrected chi connectivity index (χ0v) is 9.35. The molecule has 0 aliphatic carbocycles. The summed E-state index contributed by atoms with van der Waals surface area (Å²) < 4.78 is 0. The van der Waals surface area contributed by atoms with Crippen LogP contribution in [0.25, 0.3) is 0 Å². The molecular weight excluding hydrogens is 224 g/mol. The number of halogens is 1. The van der Waals surface area contributed by atoms with E-state index in [-0.39, 0.29) is 11.7 Å². The van der Waals surface area contributed by atoms with E-state index in [0.29, 0.717) is 5.02 Å². The summed E-state index contributed by atoms with van der Waals surface area (Å²) >= 11 is 9.20. The lowest BCUT2D eigenvalue weighted by Crippen LogP contribution is -2.12. The molecule has 0 aromatic carbocycles. The lowest BCUT2D eigenvalue weighted by molar-refractivity contribution is 0.0938. The topological polar surface area (TPSA) is 17.1 Å². The SMILES string of the molecule is O=C(c1sccc1Cl)C1CCSC1. The molecule has 1 aliphatic rings. The van der Waals surface area contributed by atoms with E-state index in [9.17, 15) is 4.79 Å². The molecule has 1 atom stereocenters. The third-order valence-corrected chi connectivity index (χ3v) is 4.66. The summed E-state index contributed by atoms with van der Waals surface area (Å²) in [4.78, 5) is 12.6. The van der Waals surface area contributed by atoms with E-state index < -0.39 is 0 Å². The van der Waals surface area contributed by atoms with Crippen molar-refractivity contribution in [2.75, 3.05) is 11.5 Å². The lowest BCUT2D eigenvalue weighted by atomic mass is 10.0. The second-order valence-electron chi connectivity index (χ2n) is 3.02. The summed E-state index contributed by atoms with van der Waals surface area (Å²) in [5.74, 6) is 2.53. The van der Waals surface area contributed by atoms with Crippen LogP contribution < -0.4 is 0 Å². The molecule has 0 amide bonds. The highest BCUT2D eigenvalue weighted by Crippen LogP contribution is 2.31. The van der Waals surface area contributed by atoms with Crippen molar-refractivity contribution in [3.8, 4) is 0 Å². The average Bonchev–Trinajstić information content (AvgIpc) is 2.72. The zero-order valence-electron chi connectivity index (χ0n) is 6.96. The molecule has 2 heterocycles. The first-order valence-corrected chi connectivity index (χ1v) is 6.55. The van der Waals surface area contributed by atoms with Crippen LogP contribution in [0.1, 0.15) is 16.1 Å². The Kier molecular flexibility index (Phi) is 2.96. The summed E-state index contributed by atoms with van der Waals surface area (Å²) in [5.41, 5.74) is 0. The molecule has 1 aliphatic heterocycles. The van der Waals surface area contributed by atoms with E-state index in [1.807, 2.05) is 17.1 Å². The second kappa shape index (κ2) is 4.03. The normalized spacial score (nSPS) is 22.1. The molecule has 0 saturated carbocycles. The standard InChI is InChI=1S/C9H9ClOS2/c10-7-2-4-13-9(7)8(11)6-1-3-12-5-6/h2,4,6H,1,3,5H2.